The van der Waals surface area contributed by atoms with Crippen molar-refractivity contribution in [2.75, 3.05) is 5.73 Å². The lowest BCUT2D eigenvalue weighted by Gasteiger charge is -2.16. The predicted octanol–water partition coefficient (Wildman–Crippen LogP) is 3.66. The first-order chi connectivity index (χ1) is 9.49. The summed E-state index contributed by atoms with van der Waals surface area (Å²) >= 11 is 3.30. The Morgan fingerprint density at radius 2 is 2.00 bits per heavy atom. The number of anilines is 1. The summed E-state index contributed by atoms with van der Waals surface area (Å²) in [6.45, 7) is 1.73. The molecule has 1 amide bonds. The molecule has 0 spiro atoms. The fourth-order valence-corrected chi connectivity index (χ4v) is 2.32. The van der Waals surface area contributed by atoms with Gasteiger partial charge in [-0.05, 0) is 47.1 Å². The molecule has 0 bridgehead atoms. The van der Waals surface area contributed by atoms with Gasteiger partial charge in [-0.25, -0.2) is 4.39 Å². The van der Waals surface area contributed by atoms with Crippen molar-refractivity contribution in [3.63, 3.8) is 0 Å². The third-order valence-electron chi connectivity index (χ3n) is 2.95. The number of carbonyl (C=O) groups is 1. The number of benzene rings is 2. The quantitative estimate of drug-likeness (QED) is 0.840. The molecule has 20 heavy (non-hydrogen) atoms. The molecular weight excluding hydrogens is 323 g/mol. The van der Waals surface area contributed by atoms with E-state index in [1.807, 2.05) is 0 Å². The van der Waals surface area contributed by atoms with Crippen LogP contribution in [0.3, 0.4) is 0 Å². The first-order valence-electron chi connectivity index (χ1n) is 6.09. The zero-order chi connectivity index (χ0) is 14.7. The van der Waals surface area contributed by atoms with E-state index in [4.69, 9.17) is 5.73 Å². The third kappa shape index (κ3) is 3.17. The highest BCUT2D eigenvalue weighted by Gasteiger charge is 2.16. The molecule has 3 N–H and O–H groups in total. The number of amides is 1. The van der Waals surface area contributed by atoms with Gasteiger partial charge in [0.15, 0.2) is 0 Å². The van der Waals surface area contributed by atoms with Crippen molar-refractivity contribution < 1.29 is 9.18 Å². The number of carbonyl (C=O) groups excluding carboxylic acids is 1. The van der Waals surface area contributed by atoms with Gasteiger partial charge in [0, 0.05) is 15.7 Å². The summed E-state index contributed by atoms with van der Waals surface area (Å²) < 4.78 is 14.3. The van der Waals surface area contributed by atoms with Crippen molar-refractivity contribution >= 4 is 27.5 Å². The molecule has 2 aromatic carbocycles. The summed E-state index contributed by atoms with van der Waals surface area (Å²) in [6, 6.07) is 10.9. The van der Waals surface area contributed by atoms with E-state index in [0.29, 0.717) is 21.3 Å². The highest BCUT2D eigenvalue weighted by molar-refractivity contribution is 9.10. The molecule has 0 radical (unpaired) electrons. The maximum atomic E-state index is 13.7. The third-order valence-corrected chi connectivity index (χ3v) is 3.65. The lowest BCUT2D eigenvalue weighted by atomic mass is 10.1. The van der Waals surface area contributed by atoms with Gasteiger partial charge in [-0.15, -0.1) is 0 Å². The van der Waals surface area contributed by atoms with E-state index in [2.05, 4.69) is 21.2 Å². The Morgan fingerprint density at radius 3 is 2.70 bits per heavy atom. The van der Waals surface area contributed by atoms with Crippen molar-refractivity contribution in [3.05, 3.63) is 63.9 Å². The van der Waals surface area contributed by atoms with Gasteiger partial charge in [0.1, 0.15) is 5.82 Å². The van der Waals surface area contributed by atoms with Gasteiger partial charge in [-0.2, -0.15) is 0 Å². The molecule has 104 valence electrons. The van der Waals surface area contributed by atoms with E-state index >= 15 is 0 Å². The van der Waals surface area contributed by atoms with Crippen molar-refractivity contribution in [2.45, 2.75) is 13.0 Å². The van der Waals surface area contributed by atoms with Crippen molar-refractivity contribution in [1.82, 2.24) is 5.32 Å². The average molecular weight is 337 g/mol. The van der Waals surface area contributed by atoms with E-state index in [9.17, 15) is 9.18 Å². The van der Waals surface area contributed by atoms with Crippen LogP contribution in [0.15, 0.2) is 46.9 Å². The standard InChI is InChI=1S/C15H14BrFN2O/c1-9(11-4-2-3-5-14(11)17)19-15(20)12-8-10(18)6-7-13(12)16/h2-9H,18H2,1H3,(H,19,20). The lowest BCUT2D eigenvalue weighted by Crippen LogP contribution is -2.27. The van der Waals surface area contributed by atoms with Crippen LogP contribution in [0.5, 0.6) is 0 Å². The zero-order valence-electron chi connectivity index (χ0n) is 10.9. The topological polar surface area (TPSA) is 55.1 Å². The Hall–Kier alpha value is -1.88. The molecule has 0 aliphatic heterocycles. The van der Waals surface area contributed by atoms with Crippen LogP contribution in [0, 0.1) is 5.82 Å². The van der Waals surface area contributed by atoms with Gasteiger partial charge in [0.2, 0.25) is 0 Å². The highest BCUT2D eigenvalue weighted by atomic mass is 79.9. The van der Waals surface area contributed by atoms with Crippen LogP contribution in [0.1, 0.15) is 28.9 Å². The molecule has 0 heterocycles. The Bertz CT molecular complexity index is 646. The van der Waals surface area contributed by atoms with Gasteiger partial charge >= 0.3 is 0 Å². The number of hydrogen-bond donors (Lipinski definition) is 2. The van der Waals surface area contributed by atoms with E-state index in [-0.39, 0.29) is 11.7 Å². The first-order valence-corrected chi connectivity index (χ1v) is 6.88. The maximum Gasteiger partial charge on any atom is 0.252 e. The van der Waals surface area contributed by atoms with Crippen LogP contribution in [0.25, 0.3) is 0 Å². The zero-order valence-corrected chi connectivity index (χ0v) is 12.4. The molecule has 0 aromatic heterocycles. The number of nitrogen functional groups attached to an aromatic ring is 1. The summed E-state index contributed by atoms with van der Waals surface area (Å²) in [5.74, 6) is -0.646. The Labute approximate surface area is 125 Å². The summed E-state index contributed by atoms with van der Waals surface area (Å²) in [7, 11) is 0. The Kier molecular flexibility index (Phi) is 4.39. The van der Waals surface area contributed by atoms with Gasteiger partial charge in [-0.1, -0.05) is 18.2 Å². The molecule has 0 saturated carbocycles. The van der Waals surface area contributed by atoms with Crippen molar-refractivity contribution in [2.24, 2.45) is 0 Å². The summed E-state index contributed by atoms with van der Waals surface area (Å²) in [5.41, 5.74) is 7.04. The van der Waals surface area contributed by atoms with Crippen molar-refractivity contribution in [1.29, 1.82) is 0 Å². The summed E-state index contributed by atoms with van der Waals surface area (Å²) in [6.07, 6.45) is 0. The minimum absolute atomic E-state index is 0.306. The molecule has 2 aromatic rings. The fraction of sp³-hybridized carbons (Fsp3) is 0.133. The number of nitrogens with one attached hydrogen (secondary N) is 1. The average Bonchev–Trinajstić information content (AvgIpc) is 2.41. The molecule has 3 nitrogen and oxygen atoms in total. The van der Waals surface area contributed by atoms with Crippen LogP contribution >= 0.6 is 15.9 Å². The van der Waals surface area contributed by atoms with Crippen LogP contribution < -0.4 is 11.1 Å². The van der Waals surface area contributed by atoms with Gasteiger partial charge in [0.25, 0.3) is 5.91 Å². The molecule has 0 fully saturated rings. The molecule has 5 heteroatoms. The van der Waals surface area contributed by atoms with Gasteiger partial charge < -0.3 is 11.1 Å². The molecule has 0 saturated heterocycles. The normalized spacial score (nSPS) is 11.9. The number of hydrogen-bond acceptors (Lipinski definition) is 2. The summed E-state index contributed by atoms with van der Waals surface area (Å²) in [5, 5.41) is 2.76. The smallest absolute Gasteiger partial charge is 0.252 e. The second-order valence-corrected chi connectivity index (χ2v) is 5.31. The van der Waals surface area contributed by atoms with Crippen LogP contribution in [0.4, 0.5) is 10.1 Å². The maximum absolute atomic E-state index is 13.7. The van der Waals surface area contributed by atoms with Gasteiger partial charge in [0.05, 0.1) is 11.6 Å². The highest BCUT2D eigenvalue weighted by Crippen LogP contribution is 2.21. The second kappa shape index (κ2) is 6.05. The van der Waals surface area contributed by atoms with E-state index in [0.717, 1.165) is 0 Å². The fourth-order valence-electron chi connectivity index (χ4n) is 1.90. The largest absolute Gasteiger partial charge is 0.399 e. The van der Waals surface area contributed by atoms with Gasteiger partial charge in [-0.3, -0.25) is 4.79 Å². The van der Waals surface area contributed by atoms with Crippen LogP contribution in [0.2, 0.25) is 0 Å². The van der Waals surface area contributed by atoms with E-state index in [1.165, 1.54) is 6.07 Å². The number of nitrogens with two attached hydrogens (primary N) is 1. The summed E-state index contributed by atoms with van der Waals surface area (Å²) in [4.78, 5) is 12.2. The van der Waals surface area contributed by atoms with E-state index < -0.39 is 6.04 Å². The minimum atomic E-state index is -0.433. The van der Waals surface area contributed by atoms with Crippen LogP contribution in [-0.4, -0.2) is 5.91 Å². The molecule has 2 rings (SSSR count). The number of rotatable bonds is 3. The lowest BCUT2D eigenvalue weighted by molar-refractivity contribution is 0.0938. The van der Waals surface area contributed by atoms with Crippen molar-refractivity contribution in [3.8, 4) is 0 Å². The Morgan fingerprint density at radius 1 is 1.30 bits per heavy atom. The SMILES string of the molecule is CC(NC(=O)c1cc(N)ccc1Br)c1ccccc1F. The molecule has 0 aliphatic rings. The molecular formula is C15H14BrFN2O. The molecule has 0 aliphatic carbocycles. The molecule has 1 atom stereocenters. The van der Waals surface area contributed by atoms with E-state index in [1.54, 1.807) is 43.3 Å². The second-order valence-electron chi connectivity index (χ2n) is 4.46. The van der Waals surface area contributed by atoms with Crippen LogP contribution in [-0.2, 0) is 0 Å². The number of halogens is 2. The monoisotopic (exact) mass is 336 g/mol. The molecule has 1 unspecified atom stereocenters. The Balaban J connectivity index is 2.20. The predicted molar refractivity (Wildman–Crippen MR) is 80.8 cm³/mol. The minimum Gasteiger partial charge on any atom is -0.399 e. The first kappa shape index (κ1) is 14.5.